The van der Waals surface area contributed by atoms with Crippen molar-refractivity contribution >= 4 is 5.97 Å². The molecule has 0 bridgehead atoms. The SMILES string of the molecule is C[C@H]1C=C2C=C[C@H](C)[C@H](CCC3C[C@@H](O)CC(=O)O3)C2CC1. The van der Waals surface area contributed by atoms with Crippen LogP contribution >= 0.6 is 0 Å². The molecule has 0 spiro atoms. The van der Waals surface area contributed by atoms with Gasteiger partial charge in [0.05, 0.1) is 12.5 Å². The van der Waals surface area contributed by atoms with E-state index in [9.17, 15) is 9.90 Å². The third-order valence-corrected chi connectivity index (χ3v) is 5.68. The van der Waals surface area contributed by atoms with Crippen LogP contribution in [0.2, 0.25) is 0 Å². The number of fused-ring (bicyclic) bond motifs is 1. The molecule has 22 heavy (non-hydrogen) atoms. The van der Waals surface area contributed by atoms with Crippen molar-refractivity contribution in [2.24, 2.45) is 23.7 Å². The summed E-state index contributed by atoms with van der Waals surface area (Å²) in [5, 5.41) is 9.73. The number of hydrogen-bond donors (Lipinski definition) is 1. The van der Waals surface area contributed by atoms with Gasteiger partial charge in [0.2, 0.25) is 0 Å². The van der Waals surface area contributed by atoms with Crippen LogP contribution in [-0.4, -0.2) is 23.3 Å². The third kappa shape index (κ3) is 3.45. The molecule has 3 aliphatic rings. The molecule has 0 radical (unpaired) electrons. The zero-order chi connectivity index (χ0) is 15.7. The van der Waals surface area contributed by atoms with Gasteiger partial charge in [-0.05, 0) is 54.9 Å². The summed E-state index contributed by atoms with van der Waals surface area (Å²) in [6, 6.07) is 0. The number of hydrogen-bond acceptors (Lipinski definition) is 3. The van der Waals surface area contributed by atoms with Crippen molar-refractivity contribution in [1.29, 1.82) is 0 Å². The molecule has 1 fully saturated rings. The van der Waals surface area contributed by atoms with E-state index in [1.807, 2.05) is 0 Å². The first-order valence-electron chi connectivity index (χ1n) is 8.80. The topological polar surface area (TPSA) is 46.5 Å². The maximum absolute atomic E-state index is 11.5. The quantitative estimate of drug-likeness (QED) is 0.810. The van der Waals surface area contributed by atoms with Gasteiger partial charge in [0, 0.05) is 6.42 Å². The van der Waals surface area contributed by atoms with E-state index >= 15 is 0 Å². The lowest BCUT2D eigenvalue weighted by molar-refractivity contribution is -0.160. The zero-order valence-corrected chi connectivity index (χ0v) is 13.7. The molecule has 0 amide bonds. The Morgan fingerprint density at radius 1 is 1.27 bits per heavy atom. The van der Waals surface area contributed by atoms with Crippen molar-refractivity contribution in [2.45, 2.75) is 64.6 Å². The van der Waals surface area contributed by atoms with E-state index in [-0.39, 0.29) is 18.5 Å². The molecule has 1 N–H and O–H groups in total. The number of ether oxygens (including phenoxy) is 1. The molecule has 0 aromatic carbocycles. The average Bonchev–Trinajstić information content (AvgIpc) is 2.45. The number of allylic oxidation sites excluding steroid dienone is 4. The Morgan fingerprint density at radius 3 is 2.86 bits per heavy atom. The smallest absolute Gasteiger partial charge is 0.308 e. The molecule has 1 heterocycles. The van der Waals surface area contributed by atoms with Crippen LogP contribution in [0.1, 0.15) is 52.4 Å². The van der Waals surface area contributed by atoms with E-state index in [1.165, 1.54) is 18.4 Å². The number of carbonyl (C=O) groups excluding carboxylic acids is 1. The van der Waals surface area contributed by atoms with Gasteiger partial charge in [-0.25, -0.2) is 0 Å². The van der Waals surface area contributed by atoms with Crippen molar-refractivity contribution in [3.8, 4) is 0 Å². The monoisotopic (exact) mass is 304 g/mol. The fraction of sp³-hybridized carbons (Fsp3) is 0.737. The molecule has 3 rings (SSSR count). The fourth-order valence-corrected chi connectivity index (χ4v) is 4.44. The van der Waals surface area contributed by atoms with Crippen LogP contribution in [0.4, 0.5) is 0 Å². The summed E-state index contributed by atoms with van der Waals surface area (Å²) in [7, 11) is 0. The Labute approximate surface area is 133 Å². The normalized spacial score (nSPS) is 41.6. The van der Waals surface area contributed by atoms with Crippen LogP contribution in [0.5, 0.6) is 0 Å². The number of aliphatic hydroxyl groups excluding tert-OH is 1. The molecule has 122 valence electrons. The second kappa shape index (κ2) is 6.57. The van der Waals surface area contributed by atoms with E-state index in [0.29, 0.717) is 30.1 Å². The highest BCUT2D eigenvalue weighted by Gasteiger charge is 2.34. The highest BCUT2D eigenvalue weighted by atomic mass is 16.5. The Bertz CT molecular complexity index is 479. The van der Waals surface area contributed by atoms with Gasteiger partial charge in [-0.15, -0.1) is 0 Å². The molecule has 6 atom stereocenters. The van der Waals surface area contributed by atoms with Gasteiger partial charge in [0.25, 0.3) is 0 Å². The Hall–Kier alpha value is -1.09. The third-order valence-electron chi connectivity index (χ3n) is 5.68. The van der Waals surface area contributed by atoms with Crippen molar-refractivity contribution in [2.75, 3.05) is 0 Å². The van der Waals surface area contributed by atoms with E-state index in [4.69, 9.17) is 4.74 Å². The van der Waals surface area contributed by atoms with Crippen LogP contribution in [0.25, 0.3) is 0 Å². The maximum atomic E-state index is 11.5. The highest BCUT2D eigenvalue weighted by molar-refractivity contribution is 5.70. The molecular formula is C19H28O3. The molecule has 2 aliphatic carbocycles. The summed E-state index contributed by atoms with van der Waals surface area (Å²) in [5.74, 6) is 2.34. The second-order valence-corrected chi connectivity index (χ2v) is 7.49. The van der Waals surface area contributed by atoms with Crippen LogP contribution in [0, 0.1) is 23.7 Å². The van der Waals surface area contributed by atoms with Gasteiger partial charge in [0.1, 0.15) is 6.10 Å². The molecule has 3 heteroatoms. The van der Waals surface area contributed by atoms with E-state index in [0.717, 1.165) is 12.8 Å². The molecule has 1 saturated heterocycles. The number of esters is 1. The number of rotatable bonds is 3. The van der Waals surface area contributed by atoms with E-state index in [2.05, 4.69) is 32.1 Å². The number of cyclic esters (lactones) is 1. The summed E-state index contributed by atoms with van der Waals surface area (Å²) in [4.78, 5) is 11.5. The lowest BCUT2D eigenvalue weighted by Gasteiger charge is -2.39. The molecule has 3 nitrogen and oxygen atoms in total. The summed E-state index contributed by atoms with van der Waals surface area (Å²) in [5.41, 5.74) is 1.52. The lowest BCUT2D eigenvalue weighted by Crippen LogP contribution is -2.34. The minimum atomic E-state index is -0.513. The van der Waals surface area contributed by atoms with Gasteiger partial charge in [-0.2, -0.15) is 0 Å². The lowest BCUT2D eigenvalue weighted by atomic mass is 9.66. The van der Waals surface area contributed by atoms with Crippen molar-refractivity contribution in [3.63, 3.8) is 0 Å². The molecule has 2 unspecified atom stereocenters. The van der Waals surface area contributed by atoms with Crippen LogP contribution in [0.15, 0.2) is 23.8 Å². The highest BCUT2D eigenvalue weighted by Crippen LogP contribution is 2.43. The summed E-state index contributed by atoms with van der Waals surface area (Å²) in [6.07, 6.45) is 11.8. The standard InChI is InChI=1S/C19H28O3/c1-12-3-7-18-14(9-12)5-4-13(2)17(18)8-6-16-10-15(20)11-19(21)22-16/h4-5,9,12-13,15-18,20H,3,6-8,10-11H2,1-2H3/t12-,13+,15-,16?,17+,18?/m1/s1. The van der Waals surface area contributed by atoms with Crippen molar-refractivity contribution in [3.05, 3.63) is 23.8 Å². The summed E-state index contributed by atoms with van der Waals surface area (Å²) < 4.78 is 5.40. The predicted molar refractivity (Wildman–Crippen MR) is 86.1 cm³/mol. The Morgan fingerprint density at radius 2 is 2.09 bits per heavy atom. The van der Waals surface area contributed by atoms with Crippen LogP contribution in [-0.2, 0) is 9.53 Å². The Kier molecular flexibility index (Phi) is 4.72. The number of carbonyl (C=O) groups is 1. The predicted octanol–water partition coefficient (Wildman–Crippen LogP) is 3.63. The Balaban J connectivity index is 1.63. The molecule has 0 saturated carbocycles. The fourth-order valence-electron chi connectivity index (χ4n) is 4.44. The molecule has 0 aromatic rings. The van der Waals surface area contributed by atoms with Crippen molar-refractivity contribution < 1.29 is 14.6 Å². The summed E-state index contributed by atoms with van der Waals surface area (Å²) in [6.45, 7) is 4.60. The van der Waals surface area contributed by atoms with Gasteiger partial charge in [-0.1, -0.05) is 32.1 Å². The number of aliphatic hydroxyl groups is 1. The first-order chi connectivity index (χ1) is 10.5. The van der Waals surface area contributed by atoms with Crippen molar-refractivity contribution in [1.82, 2.24) is 0 Å². The van der Waals surface area contributed by atoms with Crippen LogP contribution < -0.4 is 0 Å². The molecule has 0 aromatic heterocycles. The summed E-state index contributed by atoms with van der Waals surface area (Å²) >= 11 is 0. The van der Waals surface area contributed by atoms with Crippen LogP contribution in [0.3, 0.4) is 0 Å². The van der Waals surface area contributed by atoms with E-state index in [1.54, 1.807) is 0 Å². The van der Waals surface area contributed by atoms with Gasteiger partial charge in [-0.3, -0.25) is 4.79 Å². The average molecular weight is 304 g/mol. The minimum Gasteiger partial charge on any atom is -0.462 e. The van der Waals surface area contributed by atoms with Gasteiger partial charge >= 0.3 is 5.97 Å². The molecular weight excluding hydrogens is 276 g/mol. The zero-order valence-electron chi connectivity index (χ0n) is 13.7. The minimum absolute atomic E-state index is 0.0932. The maximum Gasteiger partial charge on any atom is 0.308 e. The first kappa shape index (κ1) is 15.8. The van der Waals surface area contributed by atoms with Gasteiger partial charge < -0.3 is 9.84 Å². The second-order valence-electron chi connectivity index (χ2n) is 7.49. The first-order valence-corrected chi connectivity index (χ1v) is 8.80. The van der Waals surface area contributed by atoms with Gasteiger partial charge in [0.15, 0.2) is 0 Å². The van der Waals surface area contributed by atoms with E-state index < -0.39 is 6.10 Å². The molecule has 1 aliphatic heterocycles. The largest absolute Gasteiger partial charge is 0.462 e.